The van der Waals surface area contributed by atoms with Crippen molar-refractivity contribution in [3.8, 4) is 0 Å². The zero-order chi connectivity index (χ0) is 15.9. The van der Waals surface area contributed by atoms with Gasteiger partial charge in [0, 0.05) is 32.2 Å². The van der Waals surface area contributed by atoms with Crippen molar-refractivity contribution >= 4 is 17.9 Å². The molecule has 0 aliphatic carbocycles. The van der Waals surface area contributed by atoms with E-state index in [-0.39, 0.29) is 37.4 Å². The van der Waals surface area contributed by atoms with Crippen LogP contribution >= 0.6 is 0 Å². The molecule has 22 heavy (non-hydrogen) atoms. The van der Waals surface area contributed by atoms with Crippen LogP contribution in [0.2, 0.25) is 0 Å². The van der Waals surface area contributed by atoms with Crippen molar-refractivity contribution in [1.82, 2.24) is 20.9 Å². The maximum atomic E-state index is 13.5. The first-order chi connectivity index (χ1) is 10.6. The lowest BCUT2D eigenvalue weighted by Gasteiger charge is -2.15. The molecule has 0 aromatic heterocycles. The van der Waals surface area contributed by atoms with Crippen LogP contribution in [0.1, 0.15) is 5.56 Å². The fourth-order valence-electron chi connectivity index (χ4n) is 2.01. The summed E-state index contributed by atoms with van der Waals surface area (Å²) in [4.78, 5) is 27.9. The van der Waals surface area contributed by atoms with E-state index in [0.29, 0.717) is 18.1 Å². The highest BCUT2D eigenvalue weighted by molar-refractivity contribution is 6.01. The van der Waals surface area contributed by atoms with E-state index in [0.717, 1.165) is 4.90 Å². The van der Waals surface area contributed by atoms with E-state index in [9.17, 15) is 14.0 Å². The third-order valence-electron chi connectivity index (χ3n) is 3.19. The minimum absolute atomic E-state index is 0.0408. The van der Waals surface area contributed by atoms with Crippen molar-refractivity contribution in [3.05, 3.63) is 35.6 Å². The smallest absolute Gasteiger partial charge is 0.324 e. The van der Waals surface area contributed by atoms with Gasteiger partial charge in [-0.25, -0.2) is 9.18 Å². The molecule has 1 aromatic rings. The fraction of sp³-hybridized carbons (Fsp3) is 0.357. The van der Waals surface area contributed by atoms with Gasteiger partial charge in [-0.3, -0.25) is 14.7 Å². The second-order valence-corrected chi connectivity index (χ2v) is 4.65. The van der Waals surface area contributed by atoms with Crippen LogP contribution in [-0.4, -0.2) is 49.5 Å². The van der Waals surface area contributed by atoms with Crippen LogP contribution < -0.4 is 16.0 Å². The third kappa shape index (κ3) is 3.94. The topological polar surface area (TPSA) is 85.8 Å². The monoisotopic (exact) mass is 307 g/mol. The number of benzene rings is 1. The van der Waals surface area contributed by atoms with E-state index < -0.39 is 0 Å². The summed E-state index contributed by atoms with van der Waals surface area (Å²) in [6.45, 7) is 0.926. The molecular weight excluding hydrogens is 289 g/mol. The molecule has 2 rings (SSSR count). The summed E-state index contributed by atoms with van der Waals surface area (Å²) >= 11 is 0. The summed E-state index contributed by atoms with van der Waals surface area (Å²) in [5.41, 5.74) is 0.527. The first-order valence-electron chi connectivity index (χ1n) is 6.88. The number of rotatable bonds is 5. The fourth-order valence-corrected chi connectivity index (χ4v) is 2.01. The molecule has 0 radical (unpaired) electrons. The molecule has 3 N–H and O–H groups in total. The SMILES string of the molecule is CN=C(NCCN1C(=O)CNC1=O)NCc1ccccc1F. The van der Waals surface area contributed by atoms with Crippen LogP contribution in [0, 0.1) is 5.82 Å². The summed E-state index contributed by atoms with van der Waals surface area (Å²) in [5.74, 6) is -0.0683. The van der Waals surface area contributed by atoms with Crippen molar-refractivity contribution in [3.63, 3.8) is 0 Å². The number of amides is 3. The molecule has 0 unspecified atom stereocenters. The first-order valence-corrected chi connectivity index (χ1v) is 6.88. The number of guanidine groups is 1. The van der Waals surface area contributed by atoms with Gasteiger partial charge in [0.1, 0.15) is 5.82 Å². The highest BCUT2D eigenvalue weighted by Gasteiger charge is 2.27. The number of halogens is 1. The molecule has 3 amide bonds. The molecule has 0 spiro atoms. The molecule has 0 saturated carbocycles. The van der Waals surface area contributed by atoms with Crippen LogP contribution in [0.15, 0.2) is 29.3 Å². The lowest BCUT2D eigenvalue weighted by molar-refractivity contribution is -0.124. The van der Waals surface area contributed by atoms with E-state index in [1.807, 2.05) is 0 Å². The van der Waals surface area contributed by atoms with Gasteiger partial charge in [-0.1, -0.05) is 18.2 Å². The van der Waals surface area contributed by atoms with Gasteiger partial charge in [0.05, 0.1) is 6.54 Å². The maximum absolute atomic E-state index is 13.5. The van der Waals surface area contributed by atoms with Crippen LogP contribution in [0.25, 0.3) is 0 Å². The van der Waals surface area contributed by atoms with Crippen LogP contribution in [0.3, 0.4) is 0 Å². The molecule has 7 nitrogen and oxygen atoms in total. The quantitative estimate of drug-likeness (QED) is 0.407. The van der Waals surface area contributed by atoms with Crippen LogP contribution in [-0.2, 0) is 11.3 Å². The first kappa shape index (κ1) is 15.7. The molecular formula is C14H18FN5O2. The van der Waals surface area contributed by atoms with Gasteiger partial charge < -0.3 is 16.0 Å². The summed E-state index contributed by atoms with van der Waals surface area (Å²) in [6.07, 6.45) is 0. The Kier molecular flexibility index (Phi) is 5.29. The summed E-state index contributed by atoms with van der Waals surface area (Å²) < 4.78 is 13.5. The normalized spacial score (nSPS) is 15.0. The molecule has 1 aliphatic rings. The molecule has 8 heteroatoms. The Morgan fingerprint density at radius 3 is 2.77 bits per heavy atom. The van der Waals surface area contributed by atoms with Crippen LogP contribution in [0.5, 0.6) is 0 Å². The Hall–Kier alpha value is -2.64. The van der Waals surface area contributed by atoms with Gasteiger partial charge >= 0.3 is 6.03 Å². The van der Waals surface area contributed by atoms with E-state index in [2.05, 4.69) is 20.9 Å². The lowest BCUT2D eigenvalue weighted by Crippen LogP contribution is -2.43. The molecule has 0 bridgehead atoms. The van der Waals surface area contributed by atoms with Gasteiger partial charge in [0.25, 0.3) is 0 Å². The van der Waals surface area contributed by atoms with Crippen molar-refractivity contribution < 1.29 is 14.0 Å². The molecule has 1 saturated heterocycles. The average molecular weight is 307 g/mol. The number of hydrogen-bond acceptors (Lipinski definition) is 3. The Balaban J connectivity index is 1.77. The number of carbonyl (C=O) groups excluding carboxylic acids is 2. The molecule has 0 atom stereocenters. The third-order valence-corrected chi connectivity index (χ3v) is 3.19. The van der Waals surface area contributed by atoms with Crippen molar-refractivity contribution in [1.29, 1.82) is 0 Å². The van der Waals surface area contributed by atoms with Crippen molar-refractivity contribution in [2.24, 2.45) is 4.99 Å². The highest BCUT2D eigenvalue weighted by atomic mass is 19.1. The number of nitrogens with one attached hydrogen (secondary N) is 3. The minimum atomic E-state index is -0.388. The summed E-state index contributed by atoms with van der Waals surface area (Å²) in [5, 5.41) is 8.39. The summed E-state index contributed by atoms with van der Waals surface area (Å²) in [7, 11) is 1.59. The van der Waals surface area contributed by atoms with E-state index in [4.69, 9.17) is 0 Å². The van der Waals surface area contributed by atoms with Gasteiger partial charge in [-0.05, 0) is 6.07 Å². The molecule has 1 aliphatic heterocycles. The summed E-state index contributed by atoms with van der Waals surface area (Å²) in [6, 6.07) is 6.08. The number of imide groups is 1. The number of nitrogens with zero attached hydrogens (tertiary/aromatic N) is 2. The van der Waals surface area contributed by atoms with Crippen LogP contribution in [0.4, 0.5) is 9.18 Å². The van der Waals surface area contributed by atoms with Crippen molar-refractivity contribution in [2.75, 3.05) is 26.7 Å². The van der Waals surface area contributed by atoms with Gasteiger partial charge in [-0.2, -0.15) is 0 Å². The Labute approximate surface area is 127 Å². The Bertz CT molecular complexity index is 574. The lowest BCUT2D eigenvalue weighted by atomic mass is 10.2. The van der Waals surface area contributed by atoms with Gasteiger partial charge in [0.15, 0.2) is 5.96 Å². The molecule has 1 fully saturated rings. The molecule has 1 aromatic carbocycles. The standard InChI is InChI=1S/C14H18FN5O2/c1-16-13(18-8-10-4-2-3-5-11(10)15)17-6-7-20-12(21)9-19-14(20)22/h2-5H,6-9H2,1H3,(H,19,22)(H2,16,17,18). The highest BCUT2D eigenvalue weighted by Crippen LogP contribution is 2.05. The predicted molar refractivity (Wildman–Crippen MR) is 79.7 cm³/mol. The second kappa shape index (κ2) is 7.39. The van der Waals surface area contributed by atoms with E-state index in [1.54, 1.807) is 25.2 Å². The number of urea groups is 1. The molecule has 1 heterocycles. The average Bonchev–Trinajstić information content (AvgIpc) is 2.83. The minimum Gasteiger partial charge on any atom is -0.355 e. The number of hydrogen-bond donors (Lipinski definition) is 3. The number of carbonyl (C=O) groups is 2. The maximum Gasteiger partial charge on any atom is 0.324 e. The van der Waals surface area contributed by atoms with E-state index in [1.165, 1.54) is 6.07 Å². The molecule has 118 valence electrons. The zero-order valence-corrected chi connectivity index (χ0v) is 12.2. The van der Waals surface area contributed by atoms with Crippen molar-refractivity contribution in [2.45, 2.75) is 6.54 Å². The van der Waals surface area contributed by atoms with Gasteiger partial charge in [0.2, 0.25) is 5.91 Å². The Morgan fingerprint density at radius 1 is 1.36 bits per heavy atom. The van der Waals surface area contributed by atoms with E-state index >= 15 is 0 Å². The zero-order valence-electron chi connectivity index (χ0n) is 12.2. The number of aliphatic imine (C=N–C) groups is 1. The second-order valence-electron chi connectivity index (χ2n) is 4.65. The predicted octanol–water partition coefficient (Wildman–Crippen LogP) is 0.0425. The Morgan fingerprint density at radius 2 is 2.14 bits per heavy atom. The largest absolute Gasteiger partial charge is 0.355 e. The van der Waals surface area contributed by atoms with Gasteiger partial charge in [-0.15, -0.1) is 0 Å².